The molecule has 1 aromatic heterocycles. The molecule has 1 heterocycles. The molecule has 3 rings (SSSR count). The van der Waals surface area contributed by atoms with E-state index in [1.54, 1.807) is 23.5 Å². The second-order valence-corrected chi connectivity index (χ2v) is 4.99. The van der Waals surface area contributed by atoms with E-state index in [-0.39, 0.29) is 5.82 Å². The monoisotopic (exact) mass is 258 g/mol. The molecule has 0 amide bonds. The minimum Gasteiger partial charge on any atom is -0.388 e. The maximum atomic E-state index is 12.9. The Balaban J connectivity index is 2.10. The third kappa shape index (κ3) is 1.95. The fourth-order valence-corrected chi connectivity index (χ4v) is 2.81. The summed E-state index contributed by atoms with van der Waals surface area (Å²) >= 11 is 1.61. The summed E-state index contributed by atoms with van der Waals surface area (Å²) in [6.45, 7) is 0. The van der Waals surface area contributed by atoms with Gasteiger partial charge in [-0.05, 0) is 42.5 Å². The average molecular weight is 258 g/mol. The van der Waals surface area contributed by atoms with Crippen LogP contribution in [0.5, 0.6) is 0 Å². The summed E-state index contributed by atoms with van der Waals surface area (Å²) in [6, 6.07) is 12.5. The summed E-state index contributed by atoms with van der Waals surface area (Å²) in [4.78, 5) is 4.56. The molecule has 1 N–H and O–H groups in total. The third-order valence-electron chi connectivity index (χ3n) is 2.77. The highest BCUT2D eigenvalue weighted by atomic mass is 32.1. The zero-order valence-corrected chi connectivity index (χ0v) is 10.6. The maximum absolute atomic E-state index is 12.9. The predicted molar refractivity (Wildman–Crippen MR) is 74.6 cm³/mol. The van der Waals surface area contributed by atoms with Gasteiger partial charge in [0, 0.05) is 18.3 Å². The van der Waals surface area contributed by atoms with Gasteiger partial charge in [0.2, 0.25) is 0 Å². The van der Waals surface area contributed by atoms with E-state index in [9.17, 15) is 4.39 Å². The standard InChI is InChI=1S/C14H11FN2S/c1-16-11-6-7-12-13(8-11)18-14(17-12)9-2-4-10(15)5-3-9/h2-8,16H,1H3. The van der Waals surface area contributed by atoms with Crippen molar-refractivity contribution in [1.82, 2.24) is 4.98 Å². The van der Waals surface area contributed by atoms with Crippen molar-refractivity contribution < 1.29 is 4.39 Å². The molecule has 0 saturated carbocycles. The van der Waals surface area contributed by atoms with Crippen molar-refractivity contribution in [1.29, 1.82) is 0 Å². The maximum Gasteiger partial charge on any atom is 0.124 e. The average Bonchev–Trinajstić information content (AvgIpc) is 2.82. The van der Waals surface area contributed by atoms with Crippen molar-refractivity contribution in [2.24, 2.45) is 0 Å². The molecule has 18 heavy (non-hydrogen) atoms. The fraction of sp³-hybridized carbons (Fsp3) is 0.0714. The van der Waals surface area contributed by atoms with Gasteiger partial charge in [-0.15, -0.1) is 11.3 Å². The van der Waals surface area contributed by atoms with E-state index < -0.39 is 0 Å². The Bertz CT molecular complexity index is 689. The van der Waals surface area contributed by atoms with Gasteiger partial charge >= 0.3 is 0 Å². The minimum absolute atomic E-state index is 0.225. The van der Waals surface area contributed by atoms with Gasteiger partial charge < -0.3 is 5.32 Å². The lowest BCUT2D eigenvalue weighted by molar-refractivity contribution is 0.628. The Morgan fingerprint density at radius 2 is 1.89 bits per heavy atom. The third-order valence-corrected chi connectivity index (χ3v) is 3.84. The lowest BCUT2D eigenvalue weighted by Crippen LogP contribution is -1.85. The SMILES string of the molecule is CNc1ccc2nc(-c3ccc(F)cc3)sc2c1. The van der Waals surface area contributed by atoms with Crippen LogP contribution in [0.3, 0.4) is 0 Å². The van der Waals surface area contributed by atoms with Crippen LogP contribution in [0.4, 0.5) is 10.1 Å². The number of thiazole rings is 1. The number of benzene rings is 2. The first-order valence-corrected chi connectivity index (χ1v) is 6.42. The van der Waals surface area contributed by atoms with Gasteiger partial charge in [0.05, 0.1) is 10.2 Å². The highest BCUT2D eigenvalue weighted by Crippen LogP contribution is 2.31. The topological polar surface area (TPSA) is 24.9 Å². The lowest BCUT2D eigenvalue weighted by Gasteiger charge is -1.96. The molecule has 2 aromatic carbocycles. The Morgan fingerprint density at radius 3 is 2.61 bits per heavy atom. The molecule has 0 unspecified atom stereocenters. The van der Waals surface area contributed by atoms with Crippen molar-refractivity contribution in [3.8, 4) is 10.6 Å². The van der Waals surface area contributed by atoms with Gasteiger partial charge in [0.25, 0.3) is 0 Å². The molecule has 3 aromatic rings. The van der Waals surface area contributed by atoms with Gasteiger partial charge in [-0.25, -0.2) is 9.37 Å². The Hall–Kier alpha value is -1.94. The van der Waals surface area contributed by atoms with Crippen molar-refractivity contribution in [3.63, 3.8) is 0 Å². The largest absolute Gasteiger partial charge is 0.388 e. The van der Waals surface area contributed by atoms with Gasteiger partial charge in [-0.2, -0.15) is 0 Å². The molecule has 4 heteroatoms. The summed E-state index contributed by atoms with van der Waals surface area (Å²) < 4.78 is 14.0. The highest BCUT2D eigenvalue weighted by Gasteiger charge is 2.06. The molecule has 0 saturated heterocycles. The minimum atomic E-state index is -0.225. The summed E-state index contributed by atoms with van der Waals surface area (Å²) in [5.74, 6) is -0.225. The van der Waals surface area contributed by atoms with E-state index in [0.717, 1.165) is 26.5 Å². The summed E-state index contributed by atoms with van der Waals surface area (Å²) in [7, 11) is 1.89. The number of aromatic nitrogens is 1. The zero-order valence-electron chi connectivity index (χ0n) is 9.77. The molecule has 0 aliphatic carbocycles. The normalized spacial score (nSPS) is 10.8. The predicted octanol–water partition coefficient (Wildman–Crippen LogP) is 4.14. The molecular weight excluding hydrogens is 247 g/mol. The molecule has 0 radical (unpaired) electrons. The van der Waals surface area contributed by atoms with Crippen LogP contribution < -0.4 is 5.32 Å². The second kappa shape index (κ2) is 4.38. The van der Waals surface area contributed by atoms with E-state index in [2.05, 4.69) is 16.4 Å². The smallest absolute Gasteiger partial charge is 0.124 e. The Morgan fingerprint density at radius 1 is 1.11 bits per heavy atom. The van der Waals surface area contributed by atoms with Gasteiger partial charge in [0.1, 0.15) is 10.8 Å². The van der Waals surface area contributed by atoms with Crippen LogP contribution in [-0.2, 0) is 0 Å². The Kier molecular flexibility index (Phi) is 2.72. The first kappa shape index (κ1) is 11.2. The molecule has 2 nitrogen and oxygen atoms in total. The fourth-order valence-electron chi connectivity index (χ4n) is 1.80. The summed E-state index contributed by atoms with van der Waals surface area (Å²) in [5, 5.41) is 4.02. The number of halogens is 1. The van der Waals surface area contributed by atoms with Crippen LogP contribution in [-0.4, -0.2) is 12.0 Å². The lowest BCUT2D eigenvalue weighted by atomic mass is 10.2. The number of nitrogens with zero attached hydrogens (tertiary/aromatic N) is 1. The second-order valence-electron chi connectivity index (χ2n) is 3.96. The van der Waals surface area contributed by atoms with Gasteiger partial charge in [-0.3, -0.25) is 0 Å². The summed E-state index contributed by atoms with van der Waals surface area (Å²) in [6.07, 6.45) is 0. The number of anilines is 1. The van der Waals surface area contributed by atoms with Crippen LogP contribution in [0.25, 0.3) is 20.8 Å². The van der Waals surface area contributed by atoms with Crippen LogP contribution in [0, 0.1) is 5.82 Å². The van der Waals surface area contributed by atoms with Gasteiger partial charge in [0.15, 0.2) is 0 Å². The van der Waals surface area contributed by atoms with E-state index in [1.807, 2.05) is 19.2 Å². The van der Waals surface area contributed by atoms with Crippen LogP contribution in [0.15, 0.2) is 42.5 Å². The molecule has 0 spiro atoms. The van der Waals surface area contributed by atoms with Crippen molar-refractivity contribution >= 4 is 27.2 Å². The number of rotatable bonds is 2. The quantitative estimate of drug-likeness (QED) is 0.747. The van der Waals surface area contributed by atoms with E-state index >= 15 is 0 Å². The molecule has 90 valence electrons. The summed E-state index contributed by atoms with van der Waals surface area (Å²) in [5.41, 5.74) is 2.98. The van der Waals surface area contributed by atoms with Gasteiger partial charge in [-0.1, -0.05) is 0 Å². The molecular formula is C14H11FN2S. The molecule has 0 atom stereocenters. The van der Waals surface area contributed by atoms with E-state index in [4.69, 9.17) is 0 Å². The number of hydrogen-bond acceptors (Lipinski definition) is 3. The van der Waals surface area contributed by atoms with Crippen molar-refractivity contribution in [2.45, 2.75) is 0 Å². The van der Waals surface area contributed by atoms with Crippen LogP contribution >= 0.6 is 11.3 Å². The molecule has 0 aliphatic rings. The van der Waals surface area contributed by atoms with Crippen LogP contribution in [0.1, 0.15) is 0 Å². The first-order valence-electron chi connectivity index (χ1n) is 5.60. The molecule has 0 aliphatic heterocycles. The highest BCUT2D eigenvalue weighted by molar-refractivity contribution is 7.21. The van der Waals surface area contributed by atoms with Crippen molar-refractivity contribution in [2.75, 3.05) is 12.4 Å². The van der Waals surface area contributed by atoms with Crippen molar-refractivity contribution in [3.05, 3.63) is 48.3 Å². The number of fused-ring (bicyclic) bond motifs is 1. The molecule has 0 bridgehead atoms. The van der Waals surface area contributed by atoms with Crippen LogP contribution in [0.2, 0.25) is 0 Å². The van der Waals surface area contributed by atoms with E-state index in [1.165, 1.54) is 12.1 Å². The number of hydrogen-bond donors (Lipinski definition) is 1. The first-order chi connectivity index (χ1) is 8.76. The Labute approximate surface area is 108 Å². The molecule has 0 fully saturated rings. The number of nitrogens with one attached hydrogen (secondary N) is 1. The van der Waals surface area contributed by atoms with E-state index in [0.29, 0.717) is 0 Å². The zero-order chi connectivity index (χ0) is 12.5.